The van der Waals surface area contributed by atoms with Crippen LogP contribution in [0.5, 0.6) is 0 Å². The largest absolute Gasteiger partial charge is 0.321 e. The van der Waals surface area contributed by atoms with Gasteiger partial charge in [-0.15, -0.1) is 0 Å². The van der Waals surface area contributed by atoms with Crippen molar-refractivity contribution >= 4 is 0 Å². The van der Waals surface area contributed by atoms with Crippen molar-refractivity contribution < 1.29 is 0 Å². The molecule has 1 saturated carbocycles. The monoisotopic (exact) mass is 175 g/mol. The van der Waals surface area contributed by atoms with Gasteiger partial charge in [-0.3, -0.25) is 0 Å². The molecule has 0 spiro atoms. The first-order chi connectivity index (χ1) is 6.03. The van der Waals surface area contributed by atoms with E-state index in [4.69, 9.17) is 5.73 Å². The van der Waals surface area contributed by atoms with Crippen molar-refractivity contribution in [1.82, 2.24) is 0 Å². The summed E-state index contributed by atoms with van der Waals surface area (Å²) in [4.78, 5) is 0. The summed E-state index contributed by atoms with van der Waals surface area (Å²) in [7, 11) is 0. The molecule has 2 rings (SSSR count). The molecule has 0 amide bonds. The van der Waals surface area contributed by atoms with Crippen LogP contribution in [-0.2, 0) is 5.54 Å². The average Bonchev–Trinajstić information content (AvgIpc) is 2.65. The van der Waals surface area contributed by atoms with E-state index in [0.29, 0.717) is 0 Å². The molecule has 0 aromatic heterocycles. The molecule has 1 heteroatoms. The predicted molar refractivity (Wildman–Crippen MR) is 55.8 cm³/mol. The molecule has 0 unspecified atom stereocenters. The maximum absolute atomic E-state index is 6.22. The van der Waals surface area contributed by atoms with Crippen molar-refractivity contribution in [2.24, 2.45) is 5.73 Å². The van der Waals surface area contributed by atoms with Gasteiger partial charge in [-0.05, 0) is 50.3 Å². The fourth-order valence-corrected chi connectivity index (χ4v) is 2.35. The van der Waals surface area contributed by atoms with Crippen LogP contribution in [-0.4, -0.2) is 0 Å². The Kier molecular flexibility index (Phi) is 1.74. The van der Waals surface area contributed by atoms with E-state index in [2.05, 4.69) is 32.9 Å². The van der Waals surface area contributed by atoms with Crippen LogP contribution in [0.15, 0.2) is 12.1 Å². The molecule has 0 radical (unpaired) electrons. The summed E-state index contributed by atoms with van der Waals surface area (Å²) in [6.45, 7) is 6.48. The van der Waals surface area contributed by atoms with Crippen LogP contribution in [0.4, 0.5) is 0 Å². The molecular formula is C12H17N. The second-order valence-corrected chi connectivity index (χ2v) is 4.43. The lowest BCUT2D eigenvalue weighted by Crippen LogP contribution is -2.21. The minimum absolute atomic E-state index is 0.0157. The van der Waals surface area contributed by atoms with Gasteiger partial charge in [-0.1, -0.05) is 17.7 Å². The van der Waals surface area contributed by atoms with Crippen LogP contribution >= 0.6 is 0 Å². The number of benzene rings is 1. The fourth-order valence-electron chi connectivity index (χ4n) is 2.35. The lowest BCUT2D eigenvalue weighted by atomic mass is 9.93. The molecule has 1 aromatic rings. The topological polar surface area (TPSA) is 26.0 Å². The highest BCUT2D eigenvalue weighted by atomic mass is 14.8. The number of nitrogens with two attached hydrogens (primary N) is 1. The summed E-state index contributed by atoms with van der Waals surface area (Å²) in [6.07, 6.45) is 2.30. The summed E-state index contributed by atoms with van der Waals surface area (Å²) in [6, 6.07) is 4.46. The van der Waals surface area contributed by atoms with Crippen molar-refractivity contribution in [3.63, 3.8) is 0 Å². The van der Waals surface area contributed by atoms with Crippen molar-refractivity contribution in [3.8, 4) is 0 Å². The Morgan fingerprint density at radius 2 is 1.54 bits per heavy atom. The van der Waals surface area contributed by atoms with E-state index in [1.165, 1.54) is 22.3 Å². The van der Waals surface area contributed by atoms with Gasteiger partial charge < -0.3 is 5.73 Å². The lowest BCUT2D eigenvalue weighted by molar-refractivity contribution is 0.726. The van der Waals surface area contributed by atoms with E-state index < -0.39 is 0 Å². The standard InChI is InChI=1S/C12H17N/c1-8-6-9(2)11(10(3)7-8)12(13)4-5-12/h6-7H,4-5,13H2,1-3H3. The molecule has 1 fully saturated rings. The maximum Gasteiger partial charge on any atom is 0.0416 e. The van der Waals surface area contributed by atoms with E-state index in [-0.39, 0.29) is 5.54 Å². The highest BCUT2D eigenvalue weighted by Crippen LogP contribution is 2.45. The average molecular weight is 175 g/mol. The van der Waals surface area contributed by atoms with Crippen LogP contribution in [0.25, 0.3) is 0 Å². The molecule has 1 aliphatic rings. The normalized spacial score (nSPS) is 18.8. The highest BCUT2D eigenvalue weighted by molar-refractivity contribution is 5.44. The Morgan fingerprint density at radius 3 is 1.92 bits per heavy atom. The van der Waals surface area contributed by atoms with Gasteiger partial charge in [-0.25, -0.2) is 0 Å². The summed E-state index contributed by atoms with van der Waals surface area (Å²) in [5.74, 6) is 0. The van der Waals surface area contributed by atoms with E-state index in [1.54, 1.807) is 0 Å². The van der Waals surface area contributed by atoms with Gasteiger partial charge in [0, 0.05) is 5.54 Å². The molecule has 2 N–H and O–H groups in total. The SMILES string of the molecule is Cc1cc(C)c(C2(N)CC2)c(C)c1. The molecule has 1 aromatic carbocycles. The Labute approximate surface area is 80.0 Å². The summed E-state index contributed by atoms with van der Waals surface area (Å²) < 4.78 is 0. The van der Waals surface area contributed by atoms with Crippen LogP contribution in [0.3, 0.4) is 0 Å². The van der Waals surface area contributed by atoms with Crippen molar-refractivity contribution in [1.29, 1.82) is 0 Å². The van der Waals surface area contributed by atoms with Gasteiger partial charge in [-0.2, -0.15) is 0 Å². The Morgan fingerprint density at radius 1 is 1.08 bits per heavy atom. The summed E-state index contributed by atoms with van der Waals surface area (Å²) in [5.41, 5.74) is 11.7. The van der Waals surface area contributed by atoms with Gasteiger partial charge in [0.05, 0.1) is 0 Å². The van der Waals surface area contributed by atoms with Crippen LogP contribution in [0.1, 0.15) is 35.1 Å². The Balaban J connectivity index is 2.57. The van der Waals surface area contributed by atoms with Gasteiger partial charge >= 0.3 is 0 Å². The molecule has 0 atom stereocenters. The van der Waals surface area contributed by atoms with Gasteiger partial charge in [0.2, 0.25) is 0 Å². The minimum atomic E-state index is 0.0157. The molecular weight excluding hydrogens is 158 g/mol. The highest BCUT2D eigenvalue weighted by Gasteiger charge is 2.41. The minimum Gasteiger partial charge on any atom is -0.321 e. The zero-order valence-corrected chi connectivity index (χ0v) is 8.65. The number of aryl methyl sites for hydroxylation is 3. The van der Waals surface area contributed by atoms with Gasteiger partial charge in [0.15, 0.2) is 0 Å². The molecule has 0 bridgehead atoms. The maximum atomic E-state index is 6.22. The molecule has 0 saturated heterocycles. The smallest absolute Gasteiger partial charge is 0.0416 e. The van der Waals surface area contributed by atoms with Gasteiger partial charge in [0.1, 0.15) is 0 Å². The third-order valence-electron chi connectivity index (χ3n) is 2.96. The molecule has 0 aliphatic heterocycles. The predicted octanol–water partition coefficient (Wildman–Crippen LogP) is 2.56. The molecule has 0 heterocycles. The summed E-state index contributed by atoms with van der Waals surface area (Å²) >= 11 is 0. The number of rotatable bonds is 1. The number of hydrogen-bond acceptors (Lipinski definition) is 1. The Hall–Kier alpha value is -0.820. The summed E-state index contributed by atoms with van der Waals surface area (Å²) in [5, 5.41) is 0. The first-order valence-electron chi connectivity index (χ1n) is 4.90. The third kappa shape index (κ3) is 1.37. The van der Waals surface area contributed by atoms with E-state index in [9.17, 15) is 0 Å². The molecule has 13 heavy (non-hydrogen) atoms. The zero-order valence-electron chi connectivity index (χ0n) is 8.65. The lowest BCUT2D eigenvalue weighted by Gasteiger charge is -2.16. The zero-order chi connectivity index (χ0) is 9.64. The van der Waals surface area contributed by atoms with Gasteiger partial charge in [0.25, 0.3) is 0 Å². The van der Waals surface area contributed by atoms with Crippen molar-refractivity contribution in [2.45, 2.75) is 39.2 Å². The first kappa shape index (κ1) is 8.76. The van der Waals surface area contributed by atoms with E-state index in [1.807, 2.05) is 0 Å². The van der Waals surface area contributed by atoms with Crippen molar-refractivity contribution in [2.75, 3.05) is 0 Å². The molecule has 70 valence electrons. The second kappa shape index (κ2) is 2.58. The third-order valence-corrected chi connectivity index (χ3v) is 2.96. The molecule has 1 nitrogen and oxygen atoms in total. The van der Waals surface area contributed by atoms with Crippen LogP contribution in [0.2, 0.25) is 0 Å². The van der Waals surface area contributed by atoms with E-state index >= 15 is 0 Å². The molecule has 1 aliphatic carbocycles. The van der Waals surface area contributed by atoms with Crippen LogP contribution < -0.4 is 5.73 Å². The quantitative estimate of drug-likeness (QED) is 0.697. The number of hydrogen-bond donors (Lipinski definition) is 1. The van der Waals surface area contributed by atoms with Crippen molar-refractivity contribution in [3.05, 3.63) is 34.4 Å². The van der Waals surface area contributed by atoms with E-state index in [0.717, 1.165) is 12.8 Å². The van der Waals surface area contributed by atoms with Crippen LogP contribution in [0, 0.1) is 20.8 Å². The second-order valence-electron chi connectivity index (χ2n) is 4.43. The fraction of sp³-hybridized carbons (Fsp3) is 0.500. The Bertz CT molecular complexity index is 325. The first-order valence-corrected chi connectivity index (χ1v) is 4.90.